The molecule has 0 aliphatic carbocycles. The Morgan fingerprint density at radius 3 is 2.67 bits per heavy atom. The molecule has 0 heterocycles. The Bertz CT molecular complexity index is 243. The van der Waals surface area contributed by atoms with Gasteiger partial charge in [-0.3, -0.25) is 4.79 Å². The Labute approximate surface area is 72.6 Å². The van der Waals surface area contributed by atoms with Crippen LogP contribution in [0.15, 0.2) is 30.3 Å². The number of nitrogens with one attached hydrogen (secondary N) is 1. The summed E-state index contributed by atoms with van der Waals surface area (Å²) >= 11 is 0. The van der Waals surface area contributed by atoms with E-state index in [4.69, 9.17) is 0 Å². The Hall–Kier alpha value is -1.31. The SMILES string of the molecule is CNC(=O)[CH]Cc1ccccc1. The van der Waals surface area contributed by atoms with Crippen LogP contribution in [0.3, 0.4) is 0 Å². The summed E-state index contributed by atoms with van der Waals surface area (Å²) in [6.07, 6.45) is 2.33. The van der Waals surface area contributed by atoms with E-state index in [2.05, 4.69) is 5.32 Å². The monoisotopic (exact) mass is 162 g/mol. The average Bonchev–Trinajstić information content (AvgIpc) is 2.16. The molecule has 1 rings (SSSR count). The zero-order chi connectivity index (χ0) is 8.81. The topological polar surface area (TPSA) is 29.1 Å². The minimum Gasteiger partial charge on any atom is -0.359 e. The minimum absolute atomic E-state index is 0.0288. The molecular formula is C10H12NO. The lowest BCUT2D eigenvalue weighted by Crippen LogP contribution is -2.18. The number of hydrogen-bond donors (Lipinski definition) is 1. The molecular weight excluding hydrogens is 150 g/mol. The van der Waals surface area contributed by atoms with E-state index in [0.29, 0.717) is 6.42 Å². The molecule has 12 heavy (non-hydrogen) atoms. The molecule has 0 aliphatic heterocycles. The van der Waals surface area contributed by atoms with Gasteiger partial charge in [0.15, 0.2) is 0 Å². The molecule has 0 aromatic heterocycles. The van der Waals surface area contributed by atoms with Crippen LogP contribution in [0, 0.1) is 6.42 Å². The van der Waals surface area contributed by atoms with E-state index in [1.165, 1.54) is 0 Å². The smallest absolute Gasteiger partial charge is 0.224 e. The summed E-state index contributed by atoms with van der Waals surface area (Å²) in [5.74, 6) is -0.0288. The molecule has 0 aliphatic rings. The molecule has 2 nitrogen and oxygen atoms in total. The Morgan fingerprint density at radius 1 is 1.42 bits per heavy atom. The van der Waals surface area contributed by atoms with Gasteiger partial charge in [0.25, 0.3) is 0 Å². The van der Waals surface area contributed by atoms with Crippen LogP contribution >= 0.6 is 0 Å². The van der Waals surface area contributed by atoms with Gasteiger partial charge in [0.2, 0.25) is 5.91 Å². The van der Waals surface area contributed by atoms with Crippen LogP contribution in [0.5, 0.6) is 0 Å². The second-order valence-corrected chi connectivity index (χ2v) is 2.51. The van der Waals surface area contributed by atoms with Gasteiger partial charge in [-0.25, -0.2) is 0 Å². The van der Waals surface area contributed by atoms with Crippen LogP contribution < -0.4 is 5.32 Å². The molecule has 0 spiro atoms. The molecule has 0 saturated carbocycles. The molecule has 0 bridgehead atoms. The number of rotatable bonds is 3. The fraction of sp³-hybridized carbons (Fsp3) is 0.200. The van der Waals surface area contributed by atoms with E-state index in [0.717, 1.165) is 5.56 Å². The van der Waals surface area contributed by atoms with Crippen molar-refractivity contribution in [3.8, 4) is 0 Å². The quantitative estimate of drug-likeness (QED) is 0.710. The van der Waals surface area contributed by atoms with Gasteiger partial charge in [-0.15, -0.1) is 0 Å². The molecule has 1 aromatic rings. The van der Waals surface area contributed by atoms with Crippen LogP contribution in [0.2, 0.25) is 0 Å². The van der Waals surface area contributed by atoms with E-state index in [9.17, 15) is 4.79 Å². The number of amides is 1. The van der Waals surface area contributed by atoms with Gasteiger partial charge in [-0.2, -0.15) is 0 Å². The molecule has 63 valence electrons. The first-order chi connectivity index (χ1) is 5.83. The molecule has 0 saturated heterocycles. The van der Waals surface area contributed by atoms with Crippen LogP contribution in [0.25, 0.3) is 0 Å². The molecule has 0 atom stereocenters. The summed E-state index contributed by atoms with van der Waals surface area (Å²) in [6.45, 7) is 0. The van der Waals surface area contributed by atoms with E-state index in [1.54, 1.807) is 13.5 Å². The van der Waals surface area contributed by atoms with Gasteiger partial charge >= 0.3 is 0 Å². The standard InChI is InChI=1S/C10H12NO/c1-11-10(12)8-7-9-5-3-2-4-6-9/h2-6,8H,7H2,1H3,(H,11,12). The summed E-state index contributed by atoms with van der Waals surface area (Å²) in [6, 6.07) is 9.89. The lowest BCUT2D eigenvalue weighted by molar-refractivity contribution is -0.117. The van der Waals surface area contributed by atoms with Crippen LogP contribution in [-0.2, 0) is 11.2 Å². The largest absolute Gasteiger partial charge is 0.359 e. The predicted molar refractivity (Wildman–Crippen MR) is 48.5 cm³/mol. The van der Waals surface area contributed by atoms with Crippen molar-refractivity contribution in [3.05, 3.63) is 42.3 Å². The number of carbonyl (C=O) groups excluding carboxylic acids is 1. The highest BCUT2D eigenvalue weighted by molar-refractivity contribution is 5.84. The average molecular weight is 162 g/mol. The highest BCUT2D eigenvalue weighted by Gasteiger charge is 1.98. The lowest BCUT2D eigenvalue weighted by Gasteiger charge is -1.98. The van der Waals surface area contributed by atoms with Gasteiger partial charge in [-0.05, 0) is 12.0 Å². The van der Waals surface area contributed by atoms with Crippen molar-refractivity contribution < 1.29 is 4.79 Å². The highest BCUT2D eigenvalue weighted by Crippen LogP contribution is 2.00. The summed E-state index contributed by atoms with van der Waals surface area (Å²) in [5.41, 5.74) is 1.15. The van der Waals surface area contributed by atoms with Crippen LogP contribution in [-0.4, -0.2) is 13.0 Å². The molecule has 1 radical (unpaired) electrons. The second-order valence-electron chi connectivity index (χ2n) is 2.51. The zero-order valence-corrected chi connectivity index (χ0v) is 7.08. The van der Waals surface area contributed by atoms with E-state index < -0.39 is 0 Å². The molecule has 1 aromatic carbocycles. The number of hydrogen-bond acceptors (Lipinski definition) is 1. The predicted octanol–water partition coefficient (Wildman–Crippen LogP) is 1.18. The van der Waals surface area contributed by atoms with Crippen molar-refractivity contribution >= 4 is 5.91 Å². The van der Waals surface area contributed by atoms with E-state index >= 15 is 0 Å². The molecule has 0 fully saturated rings. The Balaban J connectivity index is 2.38. The first-order valence-corrected chi connectivity index (χ1v) is 3.92. The van der Waals surface area contributed by atoms with Gasteiger partial charge in [0, 0.05) is 7.05 Å². The summed E-state index contributed by atoms with van der Waals surface area (Å²) < 4.78 is 0. The van der Waals surface area contributed by atoms with Crippen molar-refractivity contribution in [1.82, 2.24) is 5.32 Å². The Kier molecular flexibility index (Phi) is 3.33. The lowest BCUT2D eigenvalue weighted by atomic mass is 10.1. The minimum atomic E-state index is -0.0288. The third-order valence-electron chi connectivity index (χ3n) is 1.61. The zero-order valence-electron chi connectivity index (χ0n) is 7.08. The van der Waals surface area contributed by atoms with Gasteiger partial charge < -0.3 is 5.32 Å². The molecule has 2 heteroatoms. The van der Waals surface area contributed by atoms with Crippen LogP contribution in [0.4, 0.5) is 0 Å². The maximum atomic E-state index is 10.8. The normalized spacial score (nSPS) is 9.42. The van der Waals surface area contributed by atoms with Crippen LogP contribution in [0.1, 0.15) is 5.56 Å². The summed E-state index contributed by atoms with van der Waals surface area (Å²) in [5, 5.41) is 2.54. The van der Waals surface area contributed by atoms with Gasteiger partial charge in [-0.1, -0.05) is 30.3 Å². The second kappa shape index (κ2) is 4.54. The highest BCUT2D eigenvalue weighted by atomic mass is 16.1. The van der Waals surface area contributed by atoms with Crippen molar-refractivity contribution in [2.75, 3.05) is 7.05 Å². The first kappa shape index (κ1) is 8.78. The van der Waals surface area contributed by atoms with E-state index in [-0.39, 0.29) is 5.91 Å². The summed E-state index contributed by atoms with van der Waals surface area (Å²) in [4.78, 5) is 10.8. The van der Waals surface area contributed by atoms with Gasteiger partial charge in [0.05, 0.1) is 6.42 Å². The molecule has 0 unspecified atom stereocenters. The third-order valence-corrected chi connectivity index (χ3v) is 1.61. The first-order valence-electron chi connectivity index (χ1n) is 3.92. The number of benzene rings is 1. The van der Waals surface area contributed by atoms with Crippen molar-refractivity contribution in [3.63, 3.8) is 0 Å². The fourth-order valence-corrected chi connectivity index (χ4v) is 0.927. The van der Waals surface area contributed by atoms with Crippen molar-refractivity contribution in [2.45, 2.75) is 6.42 Å². The molecule has 1 amide bonds. The van der Waals surface area contributed by atoms with Crippen molar-refractivity contribution in [1.29, 1.82) is 0 Å². The van der Waals surface area contributed by atoms with Gasteiger partial charge in [0.1, 0.15) is 0 Å². The van der Waals surface area contributed by atoms with E-state index in [1.807, 2.05) is 30.3 Å². The van der Waals surface area contributed by atoms with Crippen molar-refractivity contribution in [2.24, 2.45) is 0 Å². The number of carbonyl (C=O) groups is 1. The summed E-state index contributed by atoms with van der Waals surface area (Å²) in [7, 11) is 1.63. The fourth-order valence-electron chi connectivity index (χ4n) is 0.927. The maximum Gasteiger partial charge on any atom is 0.224 e. The molecule has 1 N–H and O–H groups in total. The third kappa shape index (κ3) is 2.74. The Morgan fingerprint density at radius 2 is 2.08 bits per heavy atom. The maximum absolute atomic E-state index is 10.8.